The van der Waals surface area contributed by atoms with Crippen LogP contribution in [0.25, 0.3) is 0 Å². The summed E-state index contributed by atoms with van der Waals surface area (Å²) in [6, 6.07) is 17.6. The molecular weight excluding hydrogens is 520 g/mol. The SMILES string of the molecule is O=C1OCCCC/C=C\[C@H]2O[C@]34C=CCN(Cc5ccccc5)C(=O)C3N([C@@H](CO)Cc3ccccc3)C(=O)[C@@H]4[C@@H]12. The summed E-state index contributed by atoms with van der Waals surface area (Å²) >= 11 is 0. The third kappa shape index (κ3) is 5.00. The number of cyclic esters (lactones) is 1. The number of amides is 2. The molecule has 4 heterocycles. The summed E-state index contributed by atoms with van der Waals surface area (Å²) in [5.41, 5.74) is 0.535. The number of carbonyl (C=O) groups is 3. The van der Waals surface area contributed by atoms with Crippen LogP contribution in [-0.4, -0.2) is 76.2 Å². The number of aliphatic hydroxyl groups excluding tert-OH is 1. The number of nitrogens with zero attached hydrogens (tertiary/aromatic N) is 2. The number of benzene rings is 2. The second-order valence-electron chi connectivity index (χ2n) is 11.3. The second-order valence-corrected chi connectivity index (χ2v) is 11.3. The first kappa shape index (κ1) is 27.4. The van der Waals surface area contributed by atoms with Gasteiger partial charge in [-0.3, -0.25) is 14.4 Å². The standard InChI is InChI=1S/C33H36N2O6/c36-22-25(20-23-12-5-3-6-13-23)35-29-31(38)34(21-24-14-7-4-8-15-24)18-11-17-33(29)28(30(35)37)27-26(41-33)16-9-1-2-10-19-40-32(27)39/h3-9,11-17,25-29,36H,1-2,10,18-22H2/b16-9-/t25-,26-,27+,28+,29?,33+/m1/s1. The van der Waals surface area contributed by atoms with Gasteiger partial charge in [-0.2, -0.15) is 0 Å². The molecule has 2 aromatic carbocycles. The van der Waals surface area contributed by atoms with Crippen LogP contribution in [0.3, 0.4) is 0 Å². The maximum Gasteiger partial charge on any atom is 0.312 e. The quantitative estimate of drug-likeness (QED) is 0.434. The van der Waals surface area contributed by atoms with E-state index in [0.717, 1.165) is 30.4 Å². The molecule has 0 aromatic heterocycles. The van der Waals surface area contributed by atoms with Crippen molar-refractivity contribution in [1.29, 1.82) is 0 Å². The second kappa shape index (κ2) is 11.6. The molecule has 6 atom stereocenters. The normalized spacial score (nSPS) is 31.1. The molecule has 2 aromatic rings. The Kier molecular flexibility index (Phi) is 7.77. The third-order valence-corrected chi connectivity index (χ3v) is 8.76. The topological polar surface area (TPSA) is 96.4 Å². The highest BCUT2D eigenvalue weighted by atomic mass is 16.6. The average Bonchev–Trinajstić information content (AvgIpc) is 3.39. The van der Waals surface area contributed by atoms with Gasteiger partial charge >= 0.3 is 5.97 Å². The van der Waals surface area contributed by atoms with Gasteiger partial charge in [-0.1, -0.05) is 85.0 Å². The van der Waals surface area contributed by atoms with Gasteiger partial charge in [0.05, 0.1) is 31.3 Å². The molecule has 4 aliphatic rings. The zero-order valence-corrected chi connectivity index (χ0v) is 23.0. The lowest BCUT2D eigenvalue weighted by Gasteiger charge is -2.38. The summed E-state index contributed by atoms with van der Waals surface area (Å²) in [7, 11) is 0. The lowest BCUT2D eigenvalue weighted by atomic mass is 9.78. The Hall–Kier alpha value is -3.75. The molecule has 0 bridgehead atoms. The van der Waals surface area contributed by atoms with Crippen molar-refractivity contribution in [2.24, 2.45) is 11.8 Å². The molecule has 0 saturated carbocycles. The number of fused-ring (bicyclic) bond motifs is 2. The highest BCUT2D eigenvalue weighted by Crippen LogP contribution is 2.53. The lowest BCUT2D eigenvalue weighted by molar-refractivity contribution is -0.156. The van der Waals surface area contributed by atoms with Gasteiger partial charge in [0, 0.05) is 13.1 Å². The van der Waals surface area contributed by atoms with E-state index in [1.807, 2.05) is 85.0 Å². The van der Waals surface area contributed by atoms with Crippen LogP contribution < -0.4 is 0 Å². The molecule has 4 aliphatic heterocycles. The van der Waals surface area contributed by atoms with Crippen molar-refractivity contribution in [3.05, 3.63) is 96.1 Å². The van der Waals surface area contributed by atoms with Crippen molar-refractivity contribution >= 4 is 17.8 Å². The van der Waals surface area contributed by atoms with E-state index < -0.39 is 41.6 Å². The fourth-order valence-corrected chi connectivity index (χ4v) is 6.88. The number of allylic oxidation sites excluding steroid dienone is 1. The van der Waals surface area contributed by atoms with E-state index in [1.165, 1.54) is 4.90 Å². The molecule has 214 valence electrons. The van der Waals surface area contributed by atoms with Crippen LogP contribution in [0.2, 0.25) is 0 Å². The molecule has 0 aliphatic carbocycles. The van der Waals surface area contributed by atoms with E-state index in [0.29, 0.717) is 19.5 Å². The zero-order chi connectivity index (χ0) is 28.4. The van der Waals surface area contributed by atoms with E-state index >= 15 is 0 Å². The molecule has 2 amide bonds. The zero-order valence-electron chi connectivity index (χ0n) is 23.0. The summed E-state index contributed by atoms with van der Waals surface area (Å²) in [5, 5.41) is 10.6. The van der Waals surface area contributed by atoms with Crippen LogP contribution >= 0.6 is 0 Å². The molecule has 2 saturated heterocycles. The number of esters is 1. The number of hydrogen-bond donors (Lipinski definition) is 1. The maximum atomic E-state index is 14.5. The number of ether oxygens (including phenoxy) is 2. The number of aliphatic hydroxyl groups is 1. The number of rotatable bonds is 6. The molecular formula is C33H36N2O6. The largest absolute Gasteiger partial charge is 0.465 e. The van der Waals surface area contributed by atoms with Crippen molar-refractivity contribution in [2.45, 2.75) is 56.0 Å². The van der Waals surface area contributed by atoms with Crippen LogP contribution in [0.15, 0.2) is 85.0 Å². The molecule has 0 radical (unpaired) electrons. The first-order chi connectivity index (χ1) is 20.0. The van der Waals surface area contributed by atoms with Gasteiger partial charge in [-0.25, -0.2) is 0 Å². The van der Waals surface area contributed by atoms with Gasteiger partial charge in [0.25, 0.3) is 0 Å². The fraction of sp³-hybridized carbons (Fsp3) is 0.424. The summed E-state index contributed by atoms with van der Waals surface area (Å²) in [5.74, 6) is -2.94. The lowest BCUT2D eigenvalue weighted by Crippen LogP contribution is -2.58. The number of hydrogen-bond acceptors (Lipinski definition) is 6. The molecule has 1 N–H and O–H groups in total. The van der Waals surface area contributed by atoms with Crippen molar-refractivity contribution < 1.29 is 29.0 Å². The Bertz CT molecular complexity index is 1330. The van der Waals surface area contributed by atoms with E-state index in [9.17, 15) is 19.5 Å². The van der Waals surface area contributed by atoms with Crippen LogP contribution in [0, 0.1) is 11.8 Å². The molecule has 41 heavy (non-hydrogen) atoms. The summed E-state index contributed by atoms with van der Waals surface area (Å²) in [6.45, 7) is 0.640. The minimum absolute atomic E-state index is 0.262. The minimum atomic E-state index is -1.36. The maximum absolute atomic E-state index is 14.5. The van der Waals surface area contributed by atoms with Crippen LogP contribution in [0.5, 0.6) is 0 Å². The summed E-state index contributed by atoms with van der Waals surface area (Å²) in [4.78, 5) is 45.8. The van der Waals surface area contributed by atoms with Crippen molar-refractivity contribution in [3.63, 3.8) is 0 Å². The van der Waals surface area contributed by atoms with E-state index in [4.69, 9.17) is 9.47 Å². The third-order valence-electron chi connectivity index (χ3n) is 8.76. The molecule has 8 heteroatoms. The Balaban J connectivity index is 1.43. The molecule has 6 rings (SSSR count). The van der Waals surface area contributed by atoms with E-state index in [1.54, 1.807) is 4.90 Å². The highest BCUT2D eigenvalue weighted by Gasteiger charge is 2.72. The smallest absolute Gasteiger partial charge is 0.312 e. The predicted octanol–water partition coefficient (Wildman–Crippen LogP) is 3.05. The van der Waals surface area contributed by atoms with Crippen LogP contribution in [0.4, 0.5) is 0 Å². The monoisotopic (exact) mass is 556 g/mol. The van der Waals surface area contributed by atoms with Gasteiger partial charge in [-0.05, 0) is 36.8 Å². The van der Waals surface area contributed by atoms with Gasteiger partial charge < -0.3 is 24.4 Å². The van der Waals surface area contributed by atoms with E-state index in [-0.39, 0.29) is 25.0 Å². The predicted molar refractivity (Wildman–Crippen MR) is 151 cm³/mol. The molecule has 1 spiro atoms. The Morgan fingerprint density at radius 2 is 1.66 bits per heavy atom. The minimum Gasteiger partial charge on any atom is -0.465 e. The summed E-state index contributed by atoms with van der Waals surface area (Å²) < 4.78 is 12.4. The molecule has 8 nitrogen and oxygen atoms in total. The highest BCUT2D eigenvalue weighted by molar-refractivity contribution is 5.99. The van der Waals surface area contributed by atoms with Crippen molar-refractivity contribution in [3.8, 4) is 0 Å². The Morgan fingerprint density at radius 1 is 0.927 bits per heavy atom. The first-order valence-corrected chi connectivity index (χ1v) is 14.5. The fourth-order valence-electron chi connectivity index (χ4n) is 6.88. The van der Waals surface area contributed by atoms with Crippen molar-refractivity contribution in [2.75, 3.05) is 19.8 Å². The van der Waals surface area contributed by atoms with Gasteiger partial charge in [0.15, 0.2) is 0 Å². The molecule has 1 unspecified atom stereocenters. The van der Waals surface area contributed by atoms with Gasteiger partial charge in [0.2, 0.25) is 11.8 Å². The van der Waals surface area contributed by atoms with Crippen molar-refractivity contribution in [1.82, 2.24) is 9.80 Å². The van der Waals surface area contributed by atoms with Crippen LogP contribution in [0.1, 0.15) is 30.4 Å². The first-order valence-electron chi connectivity index (χ1n) is 14.5. The Morgan fingerprint density at radius 3 is 2.39 bits per heavy atom. The Labute approximate surface area is 240 Å². The van der Waals surface area contributed by atoms with Gasteiger partial charge in [0.1, 0.15) is 17.6 Å². The molecule has 2 fully saturated rings. The summed E-state index contributed by atoms with van der Waals surface area (Å²) in [6.07, 6.45) is 9.66. The van der Waals surface area contributed by atoms with E-state index in [2.05, 4.69) is 0 Å². The number of likely N-dealkylation sites (tertiary alicyclic amines) is 1. The van der Waals surface area contributed by atoms with Crippen LogP contribution in [-0.2, 0) is 36.8 Å². The number of carbonyl (C=O) groups excluding carboxylic acids is 3. The average molecular weight is 557 g/mol. The van der Waals surface area contributed by atoms with Gasteiger partial charge in [-0.15, -0.1) is 0 Å².